The van der Waals surface area contributed by atoms with Crippen LogP contribution < -0.4 is 14.8 Å². The fourth-order valence-electron chi connectivity index (χ4n) is 2.61. The summed E-state index contributed by atoms with van der Waals surface area (Å²) in [4.78, 5) is 22.1. The minimum absolute atomic E-state index is 0.0475. The molecular formula is C17H16FN3O6S. The molecule has 2 aromatic rings. The van der Waals surface area contributed by atoms with Gasteiger partial charge in [0.25, 0.3) is 10.0 Å². The number of hydrogen-bond acceptors (Lipinski definition) is 6. The first kappa shape index (κ1) is 19.5. The Balaban J connectivity index is 1.80. The number of hydrogen-bond donors (Lipinski definition) is 2. The molecule has 0 spiro atoms. The van der Waals surface area contributed by atoms with Crippen molar-refractivity contribution in [1.82, 2.24) is 0 Å². The van der Waals surface area contributed by atoms with Crippen LogP contribution >= 0.6 is 0 Å². The molecule has 1 fully saturated rings. The second-order valence-corrected chi connectivity index (χ2v) is 7.84. The Hall–Kier alpha value is -3.21. The second-order valence-electron chi connectivity index (χ2n) is 6.16. The van der Waals surface area contributed by atoms with Crippen molar-refractivity contribution in [2.75, 3.05) is 17.1 Å². The van der Waals surface area contributed by atoms with Gasteiger partial charge in [0.2, 0.25) is 11.9 Å². The number of amides is 1. The maximum Gasteiger partial charge on any atom is 0.262 e. The standard InChI is InChI=1S/C17H16FN3O6S/c1-27-16-7-4-11(19-17(22)13-9-15(13)21(23)24)8-14(16)20-28(25,26)12-5-2-10(18)3-6-12/h2-8,13,15,20H,9H2,1H3,(H,19,22)/t13-,15+/m1/s1. The van der Waals surface area contributed by atoms with Crippen LogP contribution in [0.25, 0.3) is 0 Å². The van der Waals surface area contributed by atoms with E-state index in [1.807, 2.05) is 0 Å². The third-order valence-corrected chi connectivity index (χ3v) is 5.58. The number of nitro groups is 1. The van der Waals surface area contributed by atoms with E-state index in [1.165, 1.54) is 25.3 Å². The third-order valence-electron chi connectivity index (χ3n) is 4.20. The van der Waals surface area contributed by atoms with E-state index in [1.54, 1.807) is 0 Å². The molecule has 0 bridgehead atoms. The molecule has 11 heteroatoms. The number of halogens is 1. The highest BCUT2D eigenvalue weighted by Gasteiger charge is 2.53. The fraction of sp³-hybridized carbons (Fsp3) is 0.235. The molecule has 1 saturated carbocycles. The lowest BCUT2D eigenvalue weighted by molar-refractivity contribution is -0.497. The molecule has 28 heavy (non-hydrogen) atoms. The van der Waals surface area contributed by atoms with Gasteiger partial charge in [-0.15, -0.1) is 0 Å². The van der Waals surface area contributed by atoms with Gasteiger partial charge < -0.3 is 10.1 Å². The van der Waals surface area contributed by atoms with E-state index in [4.69, 9.17) is 4.74 Å². The van der Waals surface area contributed by atoms with E-state index in [0.717, 1.165) is 24.3 Å². The van der Waals surface area contributed by atoms with Crippen molar-refractivity contribution in [3.05, 3.63) is 58.4 Å². The highest BCUT2D eigenvalue weighted by Crippen LogP contribution is 2.35. The summed E-state index contributed by atoms with van der Waals surface area (Å²) in [5.74, 6) is -1.61. The molecule has 0 radical (unpaired) electrons. The fourth-order valence-corrected chi connectivity index (χ4v) is 3.68. The van der Waals surface area contributed by atoms with Crippen molar-refractivity contribution in [2.24, 2.45) is 5.92 Å². The Morgan fingerprint density at radius 3 is 2.50 bits per heavy atom. The quantitative estimate of drug-likeness (QED) is 0.533. The van der Waals surface area contributed by atoms with Crippen LogP contribution in [0.15, 0.2) is 47.4 Å². The summed E-state index contributed by atoms with van der Waals surface area (Å²) in [5.41, 5.74) is 0.294. The van der Waals surface area contributed by atoms with E-state index in [0.29, 0.717) is 0 Å². The van der Waals surface area contributed by atoms with Gasteiger partial charge in [0, 0.05) is 17.0 Å². The topological polar surface area (TPSA) is 128 Å². The Bertz CT molecular complexity index is 1030. The van der Waals surface area contributed by atoms with Crippen LogP contribution in [0.4, 0.5) is 15.8 Å². The van der Waals surface area contributed by atoms with Crippen molar-refractivity contribution in [3.63, 3.8) is 0 Å². The van der Waals surface area contributed by atoms with Crippen LogP contribution in [0.5, 0.6) is 5.75 Å². The number of anilines is 2. The van der Waals surface area contributed by atoms with Gasteiger partial charge in [-0.2, -0.15) is 0 Å². The van der Waals surface area contributed by atoms with Gasteiger partial charge in [0.05, 0.1) is 17.7 Å². The van der Waals surface area contributed by atoms with E-state index < -0.39 is 38.6 Å². The zero-order valence-corrected chi connectivity index (χ0v) is 15.4. The van der Waals surface area contributed by atoms with Crippen molar-refractivity contribution in [1.29, 1.82) is 0 Å². The van der Waals surface area contributed by atoms with Crippen LogP contribution in [0.3, 0.4) is 0 Å². The molecule has 1 aliphatic rings. The normalized spacial score (nSPS) is 18.2. The first-order valence-corrected chi connectivity index (χ1v) is 9.60. The van der Waals surface area contributed by atoms with Crippen LogP contribution in [0.2, 0.25) is 0 Å². The smallest absolute Gasteiger partial charge is 0.262 e. The zero-order chi connectivity index (χ0) is 20.5. The van der Waals surface area contributed by atoms with Gasteiger partial charge in [-0.05, 0) is 42.5 Å². The number of sulfonamides is 1. The molecule has 148 valence electrons. The number of carbonyl (C=O) groups excluding carboxylic acids is 1. The summed E-state index contributed by atoms with van der Waals surface area (Å²) >= 11 is 0. The first-order valence-electron chi connectivity index (χ1n) is 8.12. The molecule has 1 aliphatic carbocycles. The summed E-state index contributed by atoms with van der Waals surface area (Å²) in [5, 5.41) is 13.2. The molecule has 3 rings (SSSR count). The molecule has 0 heterocycles. The number of nitrogens with zero attached hydrogens (tertiary/aromatic N) is 1. The lowest BCUT2D eigenvalue weighted by Gasteiger charge is -2.14. The molecule has 0 aliphatic heterocycles. The Morgan fingerprint density at radius 1 is 1.25 bits per heavy atom. The monoisotopic (exact) mass is 409 g/mol. The van der Waals surface area contributed by atoms with Crippen molar-refractivity contribution in [2.45, 2.75) is 17.4 Å². The van der Waals surface area contributed by atoms with Crippen molar-refractivity contribution < 1.29 is 27.3 Å². The highest BCUT2D eigenvalue weighted by atomic mass is 32.2. The highest BCUT2D eigenvalue weighted by molar-refractivity contribution is 7.92. The molecule has 0 aromatic heterocycles. The van der Waals surface area contributed by atoms with Crippen molar-refractivity contribution >= 4 is 27.3 Å². The third kappa shape index (κ3) is 4.19. The molecule has 2 atom stereocenters. The molecule has 2 aromatic carbocycles. The number of ether oxygens (including phenoxy) is 1. The predicted octanol–water partition coefficient (Wildman–Crippen LogP) is 2.24. The maximum absolute atomic E-state index is 13.0. The molecule has 9 nitrogen and oxygen atoms in total. The van der Waals surface area contributed by atoms with Gasteiger partial charge >= 0.3 is 0 Å². The lowest BCUT2D eigenvalue weighted by Crippen LogP contribution is -2.19. The number of nitrogens with one attached hydrogen (secondary N) is 2. The van der Waals surface area contributed by atoms with E-state index in [-0.39, 0.29) is 28.4 Å². The van der Waals surface area contributed by atoms with Crippen LogP contribution in [-0.2, 0) is 14.8 Å². The van der Waals surface area contributed by atoms with Gasteiger partial charge in [-0.25, -0.2) is 12.8 Å². The molecule has 0 saturated heterocycles. The number of rotatable bonds is 7. The molecule has 0 unspecified atom stereocenters. The minimum atomic E-state index is -4.03. The Morgan fingerprint density at radius 2 is 1.93 bits per heavy atom. The van der Waals surface area contributed by atoms with E-state index in [2.05, 4.69) is 10.0 Å². The SMILES string of the molecule is COc1ccc(NC(=O)[C@@H]2C[C@@H]2[N+](=O)[O-])cc1NS(=O)(=O)c1ccc(F)cc1. The molecule has 2 N–H and O–H groups in total. The number of methoxy groups -OCH3 is 1. The van der Waals surface area contributed by atoms with Gasteiger partial charge in [-0.1, -0.05) is 0 Å². The lowest BCUT2D eigenvalue weighted by atomic mass is 10.2. The van der Waals surface area contributed by atoms with Gasteiger partial charge in [0.1, 0.15) is 17.5 Å². The largest absolute Gasteiger partial charge is 0.495 e. The van der Waals surface area contributed by atoms with Gasteiger partial charge in [0.15, 0.2) is 0 Å². The van der Waals surface area contributed by atoms with Crippen molar-refractivity contribution in [3.8, 4) is 5.75 Å². The zero-order valence-electron chi connectivity index (χ0n) is 14.6. The van der Waals surface area contributed by atoms with Crippen LogP contribution in [0.1, 0.15) is 6.42 Å². The predicted molar refractivity (Wildman–Crippen MR) is 97.7 cm³/mol. The average molecular weight is 409 g/mol. The Kier molecular flexibility index (Phi) is 5.18. The summed E-state index contributed by atoms with van der Waals surface area (Å²) in [6.07, 6.45) is 0.166. The second kappa shape index (κ2) is 7.43. The summed E-state index contributed by atoms with van der Waals surface area (Å²) in [6.45, 7) is 0. The maximum atomic E-state index is 13.0. The Labute approximate surface area is 159 Å². The van der Waals surface area contributed by atoms with E-state index in [9.17, 15) is 27.7 Å². The number of carbonyl (C=O) groups is 1. The summed E-state index contributed by atoms with van der Waals surface area (Å²) in [7, 11) is -2.69. The first-order chi connectivity index (χ1) is 13.2. The number of benzene rings is 2. The average Bonchev–Trinajstić information content (AvgIpc) is 3.43. The summed E-state index contributed by atoms with van der Waals surface area (Å²) < 4.78 is 45.5. The van der Waals surface area contributed by atoms with Gasteiger partial charge in [-0.3, -0.25) is 19.6 Å². The van der Waals surface area contributed by atoms with E-state index >= 15 is 0 Å². The molecular weight excluding hydrogens is 393 g/mol. The van der Waals surface area contributed by atoms with Crippen LogP contribution in [-0.4, -0.2) is 32.4 Å². The molecule has 1 amide bonds. The summed E-state index contributed by atoms with van der Waals surface area (Å²) in [6, 6.07) is 7.62. The minimum Gasteiger partial charge on any atom is -0.495 e. The van der Waals surface area contributed by atoms with Crippen LogP contribution in [0, 0.1) is 21.8 Å².